The van der Waals surface area contributed by atoms with Crippen molar-refractivity contribution in [1.29, 1.82) is 0 Å². The standard InChI is InChI=1S/C13H13FN4O/c1-18(8-9-2-4-10(14)5-3-9)13(19)11-12(15)17-7-6-16-11/h2-7H,8H2,1H3,(H2,15,17). The van der Waals surface area contributed by atoms with Crippen molar-refractivity contribution < 1.29 is 9.18 Å². The summed E-state index contributed by atoms with van der Waals surface area (Å²) >= 11 is 0. The maximum Gasteiger partial charge on any atom is 0.276 e. The average molecular weight is 260 g/mol. The van der Waals surface area contributed by atoms with E-state index < -0.39 is 0 Å². The van der Waals surface area contributed by atoms with E-state index in [0.717, 1.165) is 5.56 Å². The van der Waals surface area contributed by atoms with Gasteiger partial charge in [-0.15, -0.1) is 0 Å². The van der Waals surface area contributed by atoms with Crippen LogP contribution in [0.1, 0.15) is 16.1 Å². The fourth-order valence-electron chi connectivity index (χ4n) is 1.63. The van der Waals surface area contributed by atoms with E-state index in [1.165, 1.54) is 29.4 Å². The largest absolute Gasteiger partial charge is 0.382 e. The van der Waals surface area contributed by atoms with Crippen LogP contribution in [0.3, 0.4) is 0 Å². The topological polar surface area (TPSA) is 72.1 Å². The lowest BCUT2D eigenvalue weighted by Gasteiger charge is -2.17. The monoisotopic (exact) mass is 260 g/mol. The van der Waals surface area contributed by atoms with Gasteiger partial charge in [-0.05, 0) is 17.7 Å². The summed E-state index contributed by atoms with van der Waals surface area (Å²) in [6, 6.07) is 5.95. The van der Waals surface area contributed by atoms with Gasteiger partial charge in [0.2, 0.25) is 0 Å². The molecule has 0 saturated carbocycles. The van der Waals surface area contributed by atoms with E-state index in [0.29, 0.717) is 6.54 Å². The molecule has 2 rings (SSSR count). The van der Waals surface area contributed by atoms with Crippen LogP contribution in [0.4, 0.5) is 10.2 Å². The van der Waals surface area contributed by atoms with Crippen molar-refractivity contribution in [3.05, 3.63) is 53.7 Å². The number of carbonyl (C=O) groups is 1. The molecule has 1 aromatic carbocycles. The first-order valence-electron chi connectivity index (χ1n) is 5.64. The maximum absolute atomic E-state index is 12.8. The number of benzene rings is 1. The predicted molar refractivity (Wildman–Crippen MR) is 68.6 cm³/mol. The van der Waals surface area contributed by atoms with Crippen LogP contribution in [0.2, 0.25) is 0 Å². The van der Waals surface area contributed by atoms with Crippen molar-refractivity contribution in [3.8, 4) is 0 Å². The lowest BCUT2D eigenvalue weighted by Crippen LogP contribution is -2.28. The van der Waals surface area contributed by atoms with Gasteiger partial charge < -0.3 is 10.6 Å². The van der Waals surface area contributed by atoms with Gasteiger partial charge in [0.05, 0.1) is 0 Å². The highest BCUT2D eigenvalue weighted by Gasteiger charge is 2.16. The van der Waals surface area contributed by atoms with Crippen molar-refractivity contribution in [2.24, 2.45) is 0 Å². The molecule has 98 valence electrons. The number of nitrogens with two attached hydrogens (primary N) is 1. The number of hydrogen-bond donors (Lipinski definition) is 1. The van der Waals surface area contributed by atoms with Gasteiger partial charge in [0, 0.05) is 26.0 Å². The molecule has 1 aromatic heterocycles. The highest BCUT2D eigenvalue weighted by molar-refractivity contribution is 5.96. The quantitative estimate of drug-likeness (QED) is 0.907. The Balaban J connectivity index is 2.12. The van der Waals surface area contributed by atoms with Crippen LogP contribution < -0.4 is 5.73 Å². The summed E-state index contributed by atoms with van der Waals surface area (Å²) < 4.78 is 12.8. The van der Waals surface area contributed by atoms with Gasteiger partial charge >= 0.3 is 0 Å². The minimum absolute atomic E-state index is 0.0958. The van der Waals surface area contributed by atoms with Crippen LogP contribution in [0.15, 0.2) is 36.7 Å². The second kappa shape index (κ2) is 5.43. The summed E-state index contributed by atoms with van der Waals surface area (Å²) in [6.45, 7) is 0.342. The number of hydrogen-bond acceptors (Lipinski definition) is 4. The second-order valence-corrected chi connectivity index (χ2v) is 4.08. The zero-order valence-corrected chi connectivity index (χ0v) is 10.4. The zero-order chi connectivity index (χ0) is 13.8. The third kappa shape index (κ3) is 3.04. The number of rotatable bonds is 3. The molecule has 0 saturated heterocycles. The maximum atomic E-state index is 12.8. The second-order valence-electron chi connectivity index (χ2n) is 4.08. The molecule has 0 aliphatic heterocycles. The molecule has 0 radical (unpaired) electrons. The molecule has 2 aromatic rings. The number of nitrogen functional groups attached to an aromatic ring is 1. The van der Waals surface area contributed by atoms with Crippen molar-refractivity contribution in [2.75, 3.05) is 12.8 Å². The molecule has 6 heteroatoms. The first kappa shape index (κ1) is 12.9. The van der Waals surface area contributed by atoms with Gasteiger partial charge in [0.15, 0.2) is 11.5 Å². The Hall–Kier alpha value is -2.50. The van der Waals surface area contributed by atoms with Gasteiger partial charge in [-0.25, -0.2) is 14.4 Å². The number of halogens is 1. The number of amides is 1. The Bertz CT molecular complexity index is 585. The van der Waals surface area contributed by atoms with Gasteiger partial charge in [0.1, 0.15) is 5.82 Å². The molecule has 0 spiro atoms. The average Bonchev–Trinajstić information content (AvgIpc) is 2.41. The number of anilines is 1. The minimum Gasteiger partial charge on any atom is -0.382 e. The minimum atomic E-state index is -0.324. The molecule has 19 heavy (non-hydrogen) atoms. The van der Waals surface area contributed by atoms with Gasteiger partial charge in [0.25, 0.3) is 5.91 Å². The van der Waals surface area contributed by atoms with Crippen LogP contribution in [-0.4, -0.2) is 27.8 Å². The van der Waals surface area contributed by atoms with E-state index in [-0.39, 0.29) is 23.2 Å². The molecule has 0 aliphatic rings. The number of aromatic nitrogens is 2. The lowest BCUT2D eigenvalue weighted by atomic mass is 10.2. The fraction of sp³-hybridized carbons (Fsp3) is 0.154. The highest BCUT2D eigenvalue weighted by Crippen LogP contribution is 2.10. The van der Waals surface area contributed by atoms with Gasteiger partial charge in [-0.2, -0.15) is 0 Å². The molecule has 5 nitrogen and oxygen atoms in total. The summed E-state index contributed by atoms with van der Waals surface area (Å²) in [6.07, 6.45) is 2.83. The van der Waals surface area contributed by atoms with Gasteiger partial charge in [-0.3, -0.25) is 4.79 Å². The Kier molecular flexibility index (Phi) is 3.70. The Labute approximate surface area is 109 Å². The van der Waals surface area contributed by atoms with Crippen LogP contribution >= 0.6 is 0 Å². The summed E-state index contributed by atoms with van der Waals surface area (Å²) in [7, 11) is 1.62. The zero-order valence-electron chi connectivity index (χ0n) is 10.4. The van der Waals surface area contributed by atoms with Crippen molar-refractivity contribution in [2.45, 2.75) is 6.54 Å². The predicted octanol–water partition coefficient (Wildman–Crippen LogP) is 1.47. The SMILES string of the molecule is CN(Cc1ccc(F)cc1)C(=O)c1nccnc1N. The molecule has 0 atom stereocenters. The van der Waals surface area contributed by atoms with Crippen LogP contribution in [0.5, 0.6) is 0 Å². The number of carbonyl (C=O) groups excluding carboxylic acids is 1. The molecule has 1 heterocycles. The van der Waals surface area contributed by atoms with Crippen molar-refractivity contribution >= 4 is 11.7 Å². The normalized spacial score (nSPS) is 10.2. The van der Waals surface area contributed by atoms with E-state index >= 15 is 0 Å². The van der Waals surface area contributed by atoms with Crippen LogP contribution in [-0.2, 0) is 6.54 Å². The van der Waals surface area contributed by atoms with E-state index in [1.807, 2.05) is 0 Å². The molecular weight excluding hydrogens is 247 g/mol. The third-order valence-corrected chi connectivity index (χ3v) is 2.61. The Morgan fingerprint density at radius 1 is 1.26 bits per heavy atom. The van der Waals surface area contributed by atoms with E-state index in [4.69, 9.17) is 5.73 Å². The molecule has 0 fully saturated rings. The lowest BCUT2D eigenvalue weighted by molar-refractivity contribution is 0.0780. The Morgan fingerprint density at radius 2 is 1.89 bits per heavy atom. The molecule has 2 N–H and O–H groups in total. The first-order valence-corrected chi connectivity index (χ1v) is 5.64. The summed E-state index contributed by atoms with van der Waals surface area (Å²) in [5.74, 6) is -0.538. The molecular formula is C13H13FN4O. The van der Waals surface area contributed by atoms with Crippen molar-refractivity contribution in [1.82, 2.24) is 14.9 Å². The van der Waals surface area contributed by atoms with Crippen molar-refractivity contribution in [3.63, 3.8) is 0 Å². The van der Waals surface area contributed by atoms with E-state index in [9.17, 15) is 9.18 Å². The molecule has 1 amide bonds. The summed E-state index contributed by atoms with van der Waals surface area (Å²) in [5.41, 5.74) is 6.54. The molecule has 0 bridgehead atoms. The van der Waals surface area contributed by atoms with Gasteiger partial charge in [-0.1, -0.05) is 12.1 Å². The summed E-state index contributed by atoms with van der Waals surface area (Å²) in [4.78, 5) is 21.3. The third-order valence-electron chi connectivity index (χ3n) is 2.61. The summed E-state index contributed by atoms with van der Waals surface area (Å²) in [5, 5.41) is 0. The molecule has 0 aliphatic carbocycles. The smallest absolute Gasteiger partial charge is 0.276 e. The first-order chi connectivity index (χ1) is 9.08. The number of nitrogens with zero attached hydrogens (tertiary/aromatic N) is 3. The highest BCUT2D eigenvalue weighted by atomic mass is 19.1. The van der Waals surface area contributed by atoms with E-state index in [2.05, 4.69) is 9.97 Å². The van der Waals surface area contributed by atoms with Crippen LogP contribution in [0.25, 0.3) is 0 Å². The van der Waals surface area contributed by atoms with Crippen LogP contribution in [0, 0.1) is 5.82 Å². The van der Waals surface area contributed by atoms with E-state index in [1.54, 1.807) is 19.2 Å². The Morgan fingerprint density at radius 3 is 2.53 bits per heavy atom. The fourth-order valence-corrected chi connectivity index (χ4v) is 1.63. The molecule has 0 unspecified atom stereocenters.